The molecule has 0 saturated carbocycles. The predicted octanol–water partition coefficient (Wildman–Crippen LogP) is 0.114. The van der Waals surface area contributed by atoms with E-state index < -0.39 is 0 Å². The molecule has 0 amide bonds. The van der Waals surface area contributed by atoms with E-state index in [0.717, 1.165) is 12.8 Å². The summed E-state index contributed by atoms with van der Waals surface area (Å²) in [5.41, 5.74) is 0.379. The van der Waals surface area contributed by atoms with Crippen LogP contribution in [0.5, 0.6) is 0 Å². The van der Waals surface area contributed by atoms with Crippen LogP contribution in [0.4, 0.5) is 0 Å². The lowest BCUT2D eigenvalue weighted by Crippen LogP contribution is -2.14. The van der Waals surface area contributed by atoms with E-state index in [4.69, 9.17) is 9.84 Å². The van der Waals surface area contributed by atoms with Crippen molar-refractivity contribution in [1.29, 1.82) is 0 Å². The summed E-state index contributed by atoms with van der Waals surface area (Å²) in [5, 5.41) is 8.86. The van der Waals surface area contributed by atoms with E-state index >= 15 is 0 Å². The van der Waals surface area contributed by atoms with Crippen molar-refractivity contribution >= 4 is 0 Å². The second kappa shape index (κ2) is 3.89. The monoisotopic (exact) mass is 196 g/mol. The van der Waals surface area contributed by atoms with Crippen LogP contribution in [0, 0.1) is 0 Å². The SMILES string of the molecule is O=c1cc([C@H]2CCCO2)nc(CO)[nH]1. The van der Waals surface area contributed by atoms with E-state index in [1.54, 1.807) is 0 Å². The number of aliphatic hydroxyl groups is 1. The molecule has 5 heteroatoms. The van der Waals surface area contributed by atoms with Crippen LogP contribution >= 0.6 is 0 Å². The number of aromatic nitrogens is 2. The Balaban J connectivity index is 2.32. The van der Waals surface area contributed by atoms with Gasteiger partial charge in [-0.05, 0) is 12.8 Å². The Hall–Kier alpha value is -1.20. The molecule has 14 heavy (non-hydrogen) atoms. The molecule has 2 N–H and O–H groups in total. The summed E-state index contributed by atoms with van der Waals surface area (Å²) in [7, 11) is 0. The van der Waals surface area contributed by atoms with Gasteiger partial charge >= 0.3 is 0 Å². The van der Waals surface area contributed by atoms with E-state index in [-0.39, 0.29) is 18.3 Å². The van der Waals surface area contributed by atoms with Gasteiger partial charge in [0.15, 0.2) is 0 Å². The molecule has 0 aromatic carbocycles. The van der Waals surface area contributed by atoms with Crippen molar-refractivity contribution in [3.8, 4) is 0 Å². The molecule has 0 radical (unpaired) electrons. The number of nitrogens with one attached hydrogen (secondary N) is 1. The fourth-order valence-corrected chi connectivity index (χ4v) is 1.58. The third kappa shape index (κ3) is 1.83. The molecule has 1 atom stereocenters. The molecule has 2 heterocycles. The van der Waals surface area contributed by atoms with Crippen LogP contribution in [0.25, 0.3) is 0 Å². The maximum atomic E-state index is 11.2. The van der Waals surface area contributed by atoms with Gasteiger partial charge in [0, 0.05) is 12.7 Å². The zero-order valence-corrected chi connectivity index (χ0v) is 7.69. The minimum atomic E-state index is -0.254. The van der Waals surface area contributed by atoms with Crippen LogP contribution < -0.4 is 5.56 Å². The van der Waals surface area contributed by atoms with E-state index in [9.17, 15) is 4.79 Å². The van der Waals surface area contributed by atoms with Gasteiger partial charge in [0.05, 0.1) is 11.8 Å². The molecular weight excluding hydrogens is 184 g/mol. The minimum Gasteiger partial charge on any atom is -0.388 e. The molecule has 76 valence electrons. The average molecular weight is 196 g/mol. The van der Waals surface area contributed by atoms with Crippen LogP contribution in [0.3, 0.4) is 0 Å². The summed E-state index contributed by atoms with van der Waals surface area (Å²) in [6.07, 6.45) is 1.80. The van der Waals surface area contributed by atoms with Gasteiger partial charge < -0.3 is 14.8 Å². The van der Waals surface area contributed by atoms with E-state index in [1.165, 1.54) is 6.07 Å². The second-order valence-corrected chi connectivity index (χ2v) is 3.28. The molecule has 5 nitrogen and oxygen atoms in total. The zero-order valence-electron chi connectivity index (χ0n) is 7.69. The Kier molecular flexibility index (Phi) is 2.60. The van der Waals surface area contributed by atoms with Gasteiger partial charge in [-0.3, -0.25) is 4.79 Å². The second-order valence-electron chi connectivity index (χ2n) is 3.28. The van der Waals surface area contributed by atoms with Gasteiger partial charge in [-0.2, -0.15) is 0 Å². The number of rotatable bonds is 2. The molecule has 1 aliphatic rings. The topological polar surface area (TPSA) is 75.2 Å². The highest BCUT2D eigenvalue weighted by Gasteiger charge is 2.19. The average Bonchev–Trinajstić information content (AvgIpc) is 2.69. The van der Waals surface area contributed by atoms with Gasteiger partial charge in [-0.1, -0.05) is 0 Å². The standard InChI is InChI=1S/C9H12N2O3/c12-5-8-10-6(4-9(13)11-8)7-2-1-3-14-7/h4,7,12H,1-3,5H2,(H,10,11,13)/t7-/m1/s1. The molecule has 0 aliphatic carbocycles. The number of hydrogen-bond acceptors (Lipinski definition) is 4. The van der Waals surface area contributed by atoms with Gasteiger partial charge in [0.1, 0.15) is 12.4 Å². The lowest BCUT2D eigenvalue weighted by molar-refractivity contribution is 0.108. The van der Waals surface area contributed by atoms with E-state index in [2.05, 4.69) is 9.97 Å². The summed E-state index contributed by atoms with van der Waals surface area (Å²) in [6, 6.07) is 1.43. The molecule has 0 unspecified atom stereocenters. The van der Waals surface area contributed by atoms with Crippen LogP contribution in [0.1, 0.15) is 30.5 Å². The predicted molar refractivity (Wildman–Crippen MR) is 48.7 cm³/mol. The van der Waals surface area contributed by atoms with Crippen LogP contribution in [0.2, 0.25) is 0 Å². The molecule has 0 bridgehead atoms. The summed E-state index contributed by atoms with van der Waals surface area (Å²) in [6.45, 7) is 0.462. The smallest absolute Gasteiger partial charge is 0.251 e. The van der Waals surface area contributed by atoms with Crippen molar-refractivity contribution in [3.05, 3.63) is 27.9 Å². The summed E-state index contributed by atoms with van der Waals surface area (Å²) in [5.74, 6) is 0.294. The highest BCUT2D eigenvalue weighted by Crippen LogP contribution is 2.25. The molecule has 1 aliphatic heterocycles. The first kappa shape index (κ1) is 9.36. The molecule has 0 spiro atoms. The molecule has 2 rings (SSSR count). The van der Waals surface area contributed by atoms with Crippen LogP contribution in [-0.4, -0.2) is 21.7 Å². The lowest BCUT2D eigenvalue weighted by Gasteiger charge is -2.08. The Morgan fingerprint density at radius 3 is 3.21 bits per heavy atom. The van der Waals surface area contributed by atoms with Gasteiger partial charge in [0.25, 0.3) is 5.56 Å². The number of ether oxygens (including phenoxy) is 1. The molecular formula is C9H12N2O3. The van der Waals surface area contributed by atoms with Gasteiger partial charge in [-0.25, -0.2) is 4.98 Å². The third-order valence-corrected chi connectivity index (χ3v) is 2.22. The number of aliphatic hydroxyl groups excluding tert-OH is 1. The first-order chi connectivity index (χ1) is 6.79. The lowest BCUT2D eigenvalue weighted by atomic mass is 10.2. The maximum absolute atomic E-state index is 11.2. The fraction of sp³-hybridized carbons (Fsp3) is 0.556. The number of nitrogens with zero attached hydrogens (tertiary/aromatic N) is 1. The maximum Gasteiger partial charge on any atom is 0.251 e. The molecule has 1 fully saturated rings. The van der Waals surface area contributed by atoms with Crippen LogP contribution in [0.15, 0.2) is 10.9 Å². The van der Waals surface area contributed by atoms with E-state index in [0.29, 0.717) is 18.1 Å². The molecule has 1 aromatic rings. The molecule has 1 saturated heterocycles. The van der Waals surface area contributed by atoms with Gasteiger partial charge in [0.2, 0.25) is 0 Å². The summed E-state index contributed by atoms with van der Waals surface area (Å²) < 4.78 is 5.40. The molecule has 1 aromatic heterocycles. The highest BCUT2D eigenvalue weighted by molar-refractivity contribution is 5.06. The number of hydrogen-bond donors (Lipinski definition) is 2. The Bertz CT molecular complexity index is 369. The third-order valence-electron chi connectivity index (χ3n) is 2.22. The summed E-state index contributed by atoms with van der Waals surface area (Å²) in [4.78, 5) is 17.7. The van der Waals surface area contributed by atoms with Crippen LogP contribution in [-0.2, 0) is 11.3 Å². The summed E-state index contributed by atoms with van der Waals surface area (Å²) >= 11 is 0. The Labute approximate surface area is 80.8 Å². The normalized spacial score (nSPS) is 21.4. The largest absolute Gasteiger partial charge is 0.388 e. The van der Waals surface area contributed by atoms with Crippen molar-refractivity contribution < 1.29 is 9.84 Å². The Morgan fingerprint density at radius 1 is 1.71 bits per heavy atom. The first-order valence-electron chi connectivity index (χ1n) is 4.62. The van der Waals surface area contributed by atoms with Crippen molar-refractivity contribution in [2.45, 2.75) is 25.6 Å². The van der Waals surface area contributed by atoms with Crippen molar-refractivity contribution in [1.82, 2.24) is 9.97 Å². The minimum absolute atomic E-state index is 0.0809. The van der Waals surface area contributed by atoms with Crippen molar-refractivity contribution in [2.75, 3.05) is 6.61 Å². The highest BCUT2D eigenvalue weighted by atomic mass is 16.5. The van der Waals surface area contributed by atoms with E-state index in [1.807, 2.05) is 0 Å². The Morgan fingerprint density at radius 2 is 2.57 bits per heavy atom. The first-order valence-corrected chi connectivity index (χ1v) is 4.62. The van der Waals surface area contributed by atoms with Crippen molar-refractivity contribution in [2.24, 2.45) is 0 Å². The van der Waals surface area contributed by atoms with Crippen molar-refractivity contribution in [3.63, 3.8) is 0 Å². The quantitative estimate of drug-likeness (QED) is 0.704. The number of aromatic amines is 1. The number of H-pyrrole nitrogens is 1. The zero-order chi connectivity index (χ0) is 9.97. The fourth-order valence-electron chi connectivity index (χ4n) is 1.58. The van der Waals surface area contributed by atoms with Gasteiger partial charge in [-0.15, -0.1) is 0 Å².